The Morgan fingerprint density at radius 2 is 2.14 bits per heavy atom. The first kappa shape index (κ1) is 9.71. The van der Waals surface area contributed by atoms with Crippen LogP contribution in [0.1, 0.15) is 29.8 Å². The molecule has 2 nitrogen and oxygen atoms in total. The maximum absolute atomic E-state index is 11.6. The van der Waals surface area contributed by atoms with Crippen molar-refractivity contribution in [2.75, 3.05) is 0 Å². The van der Waals surface area contributed by atoms with Crippen LogP contribution in [0.5, 0.6) is 0 Å². The Labute approximate surface area is 91.4 Å². The van der Waals surface area contributed by atoms with Gasteiger partial charge in [-0.2, -0.15) is 0 Å². The predicted molar refractivity (Wildman–Crippen MR) is 57.3 cm³/mol. The fraction of sp³-hybridized carbons (Fsp3) is 0.364. The minimum absolute atomic E-state index is 0.224. The molecule has 2 rings (SSSR count). The Balaban J connectivity index is 2.50. The molecule has 0 fully saturated rings. The van der Waals surface area contributed by atoms with E-state index >= 15 is 0 Å². The summed E-state index contributed by atoms with van der Waals surface area (Å²) in [5, 5.41) is 0. The van der Waals surface area contributed by atoms with E-state index in [1.807, 2.05) is 32.0 Å². The number of hydrogen-bond acceptors (Lipinski definition) is 2. The summed E-state index contributed by atoms with van der Waals surface area (Å²) in [6, 6.07) is 5.74. The number of carbonyl (C=O) groups is 1. The van der Waals surface area contributed by atoms with Gasteiger partial charge in [0.2, 0.25) is 0 Å². The highest BCUT2D eigenvalue weighted by Gasteiger charge is 2.31. The second-order valence-corrected chi connectivity index (χ2v) is 5.04. The first-order valence-electron chi connectivity index (χ1n) is 4.50. The minimum atomic E-state index is -0.377. The summed E-state index contributed by atoms with van der Waals surface area (Å²) in [6.07, 6.45) is 0.779. The summed E-state index contributed by atoms with van der Waals surface area (Å²) in [4.78, 5) is 11.6. The van der Waals surface area contributed by atoms with E-state index in [-0.39, 0.29) is 11.6 Å². The molecule has 0 saturated heterocycles. The molecular weight excluding hydrogens is 244 g/mol. The molecule has 0 aromatic heterocycles. The molecule has 0 aliphatic carbocycles. The molecule has 0 spiro atoms. The molecule has 1 aromatic rings. The lowest BCUT2D eigenvalue weighted by Crippen LogP contribution is -2.35. The largest absolute Gasteiger partial charge is 0.456 e. The molecule has 1 heterocycles. The Kier molecular flexibility index (Phi) is 2.14. The number of fused-ring (bicyclic) bond motifs is 1. The highest BCUT2D eigenvalue weighted by molar-refractivity contribution is 9.10. The summed E-state index contributed by atoms with van der Waals surface area (Å²) in [6.45, 7) is 3.85. The maximum atomic E-state index is 11.6. The Bertz CT molecular complexity index is 396. The van der Waals surface area contributed by atoms with Gasteiger partial charge in [-0.3, -0.25) is 0 Å². The van der Waals surface area contributed by atoms with Crippen LogP contribution in [0.25, 0.3) is 0 Å². The number of cyclic esters (lactones) is 1. The molecule has 0 saturated carbocycles. The van der Waals surface area contributed by atoms with Crippen LogP contribution < -0.4 is 0 Å². The van der Waals surface area contributed by atoms with E-state index in [0.717, 1.165) is 16.5 Å². The highest BCUT2D eigenvalue weighted by atomic mass is 79.9. The van der Waals surface area contributed by atoms with Gasteiger partial charge in [-0.05, 0) is 31.5 Å². The predicted octanol–water partition coefficient (Wildman–Crippen LogP) is 2.94. The molecule has 0 unspecified atom stereocenters. The van der Waals surface area contributed by atoms with Gasteiger partial charge >= 0.3 is 5.97 Å². The first-order valence-corrected chi connectivity index (χ1v) is 5.29. The van der Waals surface area contributed by atoms with Crippen LogP contribution in [0.3, 0.4) is 0 Å². The number of ether oxygens (including phenoxy) is 1. The van der Waals surface area contributed by atoms with E-state index < -0.39 is 0 Å². The molecule has 1 aliphatic heterocycles. The van der Waals surface area contributed by atoms with E-state index in [9.17, 15) is 4.79 Å². The number of benzene rings is 1. The van der Waals surface area contributed by atoms with Crippen LogP contribution in [0, 0.1) is 0 Å². The van der Waals surface area contributed by atoms with E-state index in [0.29, 0.717) is 5.56 Å². The van der Waals surface area contributed by atoms with Crippen LogP contribution in [-0.2, 0) is 11.2 Å². The van der Waals surface area contributed by atoms with Gasteiger partial charge < -0.3 is 4.74 Å². The molecule has 14 heavy (non-hydrogen) atoms. The number of rotatable bonds is 0. The second kappa shape index (κ2) is 3.09. The third kappa shape index (κ3) is 1.69. The van der Waals surface area contributed by atoms with E-state index in [1.54, 1.807) is 0 Å². The van der Waals surface area contributed by atoms with Gasteiger partial charge in [0.25, 0.3) is 0 Å². The molecular formula is C11H11BrO2. The quantitative estimate of drug-likeness (QED) is 0.666. The van der Waals surface area contributed by atoms with Crippen molar-refractivity contribution in [2.45, 2.75) is 25.9 Å². The van der Waals surface area contributed by atoms with Gasteiger partial charge in [0, 0.05) is 10.9 Å². The van der Waals surface area contributed by atoms with Crippen molar-refractivity contribution in [3.05, 3.63) is 33.8 Å². The fourth-order valence-corrected chi connectivity index (χ4v) is 2.05. The summed E-state index contributed by atoms with van der Waals surface area (Å²) in [5.74, 6) is -0.224. The molecule has 0 atom stereocenters. The van der Waals surface area contributed by atoms with Crippen molar-refractivity contribution < 1.29 is 9.53 Å². The first-order chi connectivity index (χ1) is 6.48. The van der Waals surface area contributed by atoms with Gasteiger partial charge in [-0.15, -0.1) is 0 Å². The summed E-state index contributed by atoms with van der Waals surface area (Å²) in [5.41, 5.74) is 1.37. The van der Waals surface area contributed by atoms with Crippen molar-refractivity contribution in [3.63, 3.8) is 0 Å². The monoisotopic (exact) mass is 254 g/mol. The SMILES string of the molecule is CC1(C)Cc2ccc(Br)cc2C(=O)O1. The number of hydrogen-bond donors (Lipinski definition) is 0. The van der Waals surface area contributed by atoms with E-state index in [1.165, 1.54) is 0 Å². The van der Waals surface area contributed by atoms with Crippen molar-refractivity contribution >= 4 is 21.9 Å². The second-order valence-electron chi connectivity index (χ2n) is 4.13. The lowest BCUT2D eigenvalue weighted by molar-refractivity contribution is -0.00648. The summed E-state index contributed by atoms with van der Waals surface area (Å²) < 4.78 is 6.21. The zero-order valence-electron chi connectivity index (χ0n) is 8.13. The zero-order chi connectivity index (χ0) is 10.3. The van der Waals surface area contributed by atoms with Crippen LogP contribution in [0.15, 0.2) is 22.7 Å². The van der Waals surface area contributed by atoms with Crippen LogP contribution in [0.4, 0.5) is 0 Å². The lowest BCUT2D eigenvalue weighted by atomic mass is 9.92. The van der Waals surface area contributed by atoms with E-state index in [4.69, 9.17) is 4.74 Å². The third-order valence-corrected chi connectivity index (χ3v) is 2.77. The fourth-order valence-electron chi connectivity index (χ4n) is 1.69. The third-order valence-electron chi connectivity index (χ3n) is 2.28. The smallest absolute Gasteiger partial charge is 0.338 e. The molecule has 0 radical (unpaired) electrons. The summed E-state index contributed by atoms with van der Waals surface area (Å²) >= 11 is 3.34. The number of esters is 1. The van der Waals surface area contributed by atoms with Crippen molar-refractivity contribution in [1.29, 1.82) is 0 Å². The van der Waals surface area contributed by atoms with Gasteiger partial charge in [-0.1, -0.05) is 22.0 Å². The maximum Gasteiger partial charge on any atom is 0.338 e. The van der Waals surface area contributed by atoms with Gasteiger partial charge in [0.1, 0.15) is 5.60 Å². The molecule has 0 bridgehead atoms. The Morgan fingerprint density at radius 3 is 2.86 bits per heavy atom. The minimum Gasteiger partial charge on any atom is -0.456 e. The average Bonchev–Trinajstić information content (AvgIpc) is 2.05. The van der Waals surface area contributed by atoms with Crippen LogP contribution in [0.2, 0.25) is 0 Å². The van der Waals surface area contributed by atoms with E-state index in [2.05, 4.69) is 15.9 Å². The molecule has 0 N–H and O–H groups in total. The Morgan fingerprint density at radius 1 is 1.43 bits per heavy atom. The van der Waals surface area contributed by atoms with Crippen molar-refractivity contribution in [1.82, 2.24) is 0 Å². The highest BCUT2D eigenvalue weighted by Crippen LogP contribution is 2.29. The normalized spacial score (nSPS) is 18.6. The molecule has 3 heteroatoms. The van der Waals surface area contributed by atoms with Crippen LogP contribution in [-0.4, -0.2) is 11.6 Å². The lowest BCUT2D eigenvalue weighted by Gasteiger charge is -2.30. The molecule has 1 aromatic carbocycles. The number of halogens is 1. The van der Waals surface area contributed by atoms with Gasteiger partial charge in [0.05, 0.1) is 5.56 Å². The van der Waals surface area contributed by atoms with Gasteiger partial charge in [-0.25, -0.2) is 4.79 Å². The Hall–Kier alpha value is -0.830. The van der Waals surface area contributed by atoms with Gasteiger partial charge in [0.15, 0.2) is 0 Å². The zero-order valence-corrected chi connectivity index (χ0v) is 9.72. The molecule has 74 valence electrons. The van der Waals surface area contributed by atoms with Crippen LogP contribution >= 0.6 is 15.9 Å². The molecule has 1 aliphatic rings. The van der Waals surface area contributed by atoms with Crippen molar-refractivity contribution in [2.24, 2.45) is 0 Å². The average molecular weight is 255 g/mol. The molecule has 0 amide bonds. The number of carbonyl (C=O) groups excluding carboxylic acids is 1. The standard InChI is InChI=1S/C11H11BrO2/c1-11(2)6-7-3-4-8(12)5-9(7)10(13)14-11/h3-5H,6H2,1-2H3. The topological polar surface area (TPSA) is 26.3 Å². The van der Waals surface area contributed by atoms with Crippen molar-refractivity contribution in [3.8, 4) is 0 Å². The summed E-state index contributed by atoms with van der Waals surface area (Å²) in [7, 11) is 0.